The maximum Gasteiger partial charge on any atom is 0.185 e. The first-order chi connectivity index (χ1) is 10.3. The van der Waals surface area contributed by atoms with Crippen molar-refractivity contribution >= 4 is 23.5 Å². The van der Waals surface area contributed by atoms with E-state index < -0.39 is 0 Å². The van der Waals surface area contributed by atoms with Crippen LogP contribution < -0.4 is 0 Å². The van der Waals surface area contributed by atoms with Gasteiger partial charge < -0.3 is 4.74 Å². The minimum Gasteiger partial charge on any atom is -0.381 e. The predicted octanol–water partition coefficient (Wildman–Crippen LogP) is 1.62. The van der Waals surface area contributed by atoms with Gasteiger partial charge in [-0.3, -0.25) is 0 Å². The standard InChI is InChI=1S/C12H20N6OS2/c1-17-11(13-9-15-17)20-7-3-5-19-6-4-8-21-12-14-10-16-18(12)2/h9-10H,3-8H2,1-2H3. The Kier molecular flexibility index (Phi) is 7.04. The molecule has 0 aromatic carbocycles. The fourth-order valence-electron chi connectivity index (χ4n) is 1.58. The highest BCUT2D eigenvalue weighted by atomic mass is 32.2. The molecule has 0 spiro atoms. The molecule has 0 radical (unpaired) electrons. The van der Waals surface area contributed by atoms with E-state index in [9.17, 15) is 0 Å². The van der Waals surface area contributed by atoms with E-state index in [4.69, 9.17) is 4.74 Å². The van der Waals surface area contributed by atoms with Gasteiger partial charge in [0.05, 0.1) is 0 Å². The summed E-state index contributed by atoms with van der Waals surface area (Å²) in [5.74, 6) is 2.00. The molecular weight excluding hydrogens is 308 g/mol. The van der Waals surface area contributed by atoms with Crippen LogP contribution in [0.4, 0.5) is 0 Å². The lowest BCUT2D eigenvalue weighted by Gasteiger charge is -2.04. The van der Waals surface area contributed by atoms with Crippen LogP contribution >= 0.6 is 23.5 Å². The van der Waals surface area contributed by atoms with Crippen molar-refractivity contribution in [2.75, 3.05) is 24.7 Å². The summed E-state index contributed by atoms with van der Waals surface area (Å²) in [6.45, 7) is 1.58. The van der Waals surface area contributed by atoms with Gasteiger partial charge in [0.15, 0.2) is 10.3 Å². The number of nitrogens with zero attached hydrogens (tertiary/aromatic N) is 6. The second-order valence-corrected chi connectivity index (χ2v) is 6.47. The van der Waals surface area contributed by atoms with Crippen LogP contribution in [-0.2, 0) is 18.8 Å². The molecule has 0 N–H and O–H groups in total. The Morgan fingerprint density at radius 3 is 1.76 bits per heavy atom. The Balaban J connectivity index is 1.42. The smallest absolute Gasteiger partial charge is 0.185 e. The molecule has 0 bridgehead atoms. The zero-order valence-electron chi connectivity index (χ0n) is 12.3. The largest absolute Gasteiger partial charge is 0.381 e. The minimum absolute atomic E-state index is 0.791. The normalized spacial score (nSPS) is 11.1. The van der Waals surface area contributed by atoms with Crippen molar-refractivity contribution in [3.05, 3.63) is 12.7 Å². The lowest BCUT2D eigenvalue weighted by molar-refractivity contribution is 0.137. The molecule has 2 aromatic heterocycles. The summed E-state index contributed by atoms with van der Waals surface area (Å²) in [6, 6.07) is 0. The first-order valence-electron chi connectivity index (χ1n) is 6.78. The third kappa shape index (κ3) is 5.68. The zero-order chi connectivity index (χ0) is 14.9. The van der Waals surface area contributed by atoms with Crippen LogP contribution in [0.3, 0.4) is 0 Å². The monoisotopic (exact) mass is 328 g/mol. The van der Waals surface area contributed by atoms with Crippen LogP contribution in [0.1, 0.15) is 12.8 Å². The number of aryl methyl sites for hydroxylation is 2. The highest BCUT2D eigenvalue weighted by molar-refractivity contribution is 7.99. The second kappa shape index (κ2) is 9.06. The molecule has 2 heterocycles. The number of aromatic nitrogens is 6. The summed E-state index contributed by atoms with van der Waals surface area (Å²) >= 11 is 3.42. The van der Waals surface area contributed by atoms with Gasteiger partial charge in [0, 0.05) is 38.8 Å². The third-order valence-electron chi connectivity index (χ3n) is 2.67. The molecule has 2 aromatic rings. The van der Waals surface area contributed by atoms with Gasteiger partial charge in [-0.05, 0) is 12.8 Å². The number of hydrogen-bond donors (Lipinski definition) is 0. The van der Waals surface area contributed by atoms with E-state index in [-0.39, 0.29) is 0 Å². The fraction of sp³-hybridized carbons (Fsp3) is 0.667. The second-order valence-electron chi connectivity index (χ2n) is 4.35. The van der Waals surface area contributed by atoms with E-state index in [2.05, 4.69) is 20.2 Å². The van der Waals surface area contributed by atoms with E-state index in [1.54, 1.807) is 45.5 Å². The van der Waals surface area contributed by atoms with Crippen LogP contribution in [0.25, 0.3) is 0 Å². The van der Waals surface area contributed by atoms with Gasteiger partial charge in [-0.1, -0.05) is 23.5 Å². The van der Waals surface area contributed by atoms with Crippen molar-refractivity contribution in [1.29, 1.82) is 0 Å². The molecule has 0 saturated carbocycles. The molecule has 7 nitrogen and oxygen atoms in total. The molecule has 0 aliphatic rings. The SMILES string of the molecule is Cn1ncnc1SCCCOCCCSc1ncnn1C. The van der Waals surface area contributed by atoms with Gasteiger partial charge in [0.2, 0.25) is 0 Å². The maximum absolute atomic E-state index is 5.62. The Morgan fingerprint density at radius 2 is 1.38 bits per heavy atom. The van der Waals surface area contributed by atoms with Gasteiger partial charge in [0.1, 0.15) is 12.7 Å². The van der Waals surface area contributed by atoms with Crippen molar-refractivity contribution in [1.82, 2.24) is 29.5 Å². The lowest BCUT2D eigenvalue weighted by Crippen LogP contribution is -2.01. The lowest BCUT2D eigenvalue weighted by atomic mass is 10.5. The number of thioether (sulfide) groups is 2. The van der Waals surface area contributed by atoms with Gasteiger partial charge >= 0.3 is 0 Å². The van der Waals surface area contributed by atoms with Gasteiger partial charge in [-0.2, -0.15) is 10.2 Å². The average molecular weight is 328 g/mol. The summed E-state index contributed by atoms with van der Waals surface area (Å²) in [5.41, 5.74) is 0. The summed E-state index contributed by atoms with van der Waals surface area (Å²) < 4.78 is 9.19. The molecule has 0 aliphatic carbocycles. The van der Waals surface area contributed by atoms with E-state index in [1.165, 1.54) is 0 Å². The molecule has 116 valence electrons. The summed E-state index contributed by atoms with van der Waals surface area (Å²) in [7, 11) is 3.81. The third-order valence-corrected chi connectivity index (χ3v) is 4.91. The number of hydrogen-bond acceptors (Lipinski definition) is 7. The molecule has 0 aliphatic heterocycles. The Morgan fingerprint density at radius 1 is 0.905 bits per heavy atom. The molecule has 9 heteroatoms. The van der Waals surface area contributed by atoms with Crippen LogP contribution in [-0.4, -0.2) is 54.2 Å². The molecule has 2 rings (SSSR count). The van der Waals surface area contributed by atoms with Crippen molar-refractivity contribution in [2.45, 2.75) is 23.2 Å². The number of rotatable bonds is 10. The Bertz CT molecular complexity index is 483. The van der Waals surface area contributed by atoms with E-state index in [0.29, 0.717) is 0 Å². The van der Waals surface area contributed by atoms with Crippen LogP contribution in [0.5, 0.6) is 0 Å². The maximum atomic E-state index is 5.62. The van der Waals surface area contributed by atoms with Crippen LogP contribution in [0.15, 0.2) is 23.0 Å². The molecule has 0 saturated heterocycles. The van der Waals surface area contributed by atoms with Crippen molar-refractivity contribution in [3.8, 4) is 0 Å². The molecular formula is C12H20N6OS2. The van der Waals surface area contributed by atoms with Crippen molar-refractivity contribution in [2.24, 2.45) is 14.1 Å². The zero-order valence-corrected chi connectivity index (χ0v) is 13.9. The highest BCUT2D eigenvalue weighted by Gasteiger charge is 2.01. The number of ether oxygens (including phenoxy) is 1. The first-order valence-corrected chi connectivity index (χ1v) is 8.76. The van der Waals surface area contributed by atoms with Crippen molar-refractivity contribution in [3.63, 3.8) is 0 Å². The fourth-order valence-corrected chi connectivity index (χ4v) is 3.18. The van der Waals surface area contributed by atoms with Gasteiger partial charge in [-0.15, -0.1) is 0 Å². The van der Waals surface area contributed by atoms with Gasteiger partial charge in [0.25, 0.3) is 0 Å². The molecule has 0 amide bonds. The first kappa shape index (κ1) is 16.3. The summed E-state index contributed by atoms with van der Waals surface area (Å²) in [6.07, 6.45) is 5.20. The predicted molar refractivity (Wildman–Crippen MR) is 83.5 cm³/mol. The molecule has 0 atom stereocenters. The average Bonchev–Trinajstić information content (AvgIpc) is 3.06. The summed E-state index contributed by atoms with van der Waals surface area (Å²) in [4.78, 5) is 8.33. The van der Waals surface area contributed by atoms with Crippen LogP contribution in [0.2, 0.25) is 0 Å². The molecule has 21 heavy (non-hydrogen) atoms. The van der Waals surface area contributed by atoms with E-state index in [0.717, 1.165) is 47.9 Å². The molecule has 0 fully saturated rings. The Hall–Kier alpha value is -1.06. The quantitative estimate of drug-likeness (QED) is 0.485. The van der Waals surface area contributed by atoms with E-state index >= 15 is 0 Å². The van der Waals surface area contributed by atoms with Crippen molar-refractivity contribution < 1.29 is 4.74 Å². The minimum atomic E-state index is 0.791. The van der Waals surface area contributed by atoms with E-state index in [1.807, 2.05) is 14.1 Å². The van der Waals surface area contributed by atoms with Gasteiger partial charge in [-0.25, -0.2) is 19.3 Å². The molecule has 0 unspecified atom stereocenters. The topological polar surface area (TPSA) is 70.7 Å². The highest BCUT2D eigenvalue weighted by Crippen LogP contribution is 2.15. The summed E-state index contributed by atoms with van der Waals surface area (Å²) in [5, 5.41) is 9.97. The van der Waals surface area contributed by atoms with Crippen LogP contribution in [0, 0.1) is 0 Å². The Labute approximate surface area is 132 Å².